The minimum atomic E-state index is -4.73. The maximum atomic E-state index is 13.0. The Labute approximate surface area is 164 Å². The summed E-state index contributed by atoms with van der Waals surface area (Å²) in [6.07, 6.45) is -4.22. The van der Waals surface area contributed by atoms with Crippen molar-refractivity contribution in [2.24, 2.45) is 0 Å². The van der Waals surface area contributed by atoms with E-state index in [1.807, 2.05) is 13.8 Å². The molecular weight excluding hydrogens is 417 g/mol. The molecule has 0 aliphatic heterocycles. The van der Waals surface area contributed by atoms with Gasteiger partial charge in [0.05, 0.1) is 26.7 Å². The molecule has 0 atom stereocenters. The van der Waals surface area contributed by atoms with E-state index in [0.717, 1.165) is 33.0 Å². The summed E-state index contributed by atoms with van der Waals surface area (Å²) in [6, 6.07) is 1.25. The predicted octanol–water partition coefficient (Wildman–Crippen LogP) is 4.16. The van der Waals surface area contributed by atoms with E-state index in [4.69, 9.17) is 5.21 Å². The van der Waals surface area contributed by atoms with Gasteiger partial charge in [0.1, 0.15) is 4.70 Å². The number of benzene rings is 1. The van der Waals surface area contributed by atoms with E-state index in [9.17, 15) is 22.9 Å². The van der Waals surface area contributed by atoms with Crippen LogP contribution in [0, 0.1) is 18.8 Å². The molecule has 0 spiro atoms. The molecule has 12 heteroatoms. The summed E-state index contributed by atoms with van der Waals surface area (Å²) in [5, 5.41) is 12.5. The number of alkyl halides is 3. The summed E-state index contributed by atoms with van der Waals surface area (Å²) in [5.41, 5.74) is -1.02. The number of nitrogens with zero attached hydrogens (tertiary/aromatic N) is 3. The van der Waals surface area contributed by atoms with Crippen molar-refractivity contribution < 1.29 is 28.1 Å². The highest BCUT2D eigenvalue weighted by atomic mass is 32.1. The lowest BCUT2D eigenvalue weighted by atomic mass is 10.2. The Hall–Kier alpha value is -2.60. The lowest BCUT2D eigenvalue weighted by molar-refractivity contribution is -0.728. The van der Waals surface area contributed by atoms with Crippen LogP contribution in [0.4, 0.5) is 18.9 Å². The molecule has 2 aromatic heterocycles. The first kappa shape index (κ1) is 20.1. The number of hydrogen-bond acceptors (Lipinski definition) is 6. The van der Waals surface area contributed by atoms with Crippen molar-refractivity contribution in [1.29, 1.82) is 0 Å². The van der Waals surface area contributed by atoms with Crippen molar-refractivity contribution in [2.45, 2.75) is 26.4 Å². The lowest BCUT2D eigenvalue weighted by Gasteiger charge is -2.04. The van der Waals surface area contributed by atoms with Gasteiger partial charge in [0, 0.05) is 23.9 Å². The lowest BCUT2D eigenvalue weighted by Crippen LogP contribution is -2.25. The molecule has 2 heterocycles. The highest BCUT2D eigenvalue weighted by Crippen LogP contribution is 2.38. The van der Waals surface area contributed by atoms with E-state index >= 15 is 0 Å². The summed E-state index contributed by atoms with van der Waals surface area (Å²) in [5.74, 6) is -0.582. The summed E-state index contributed by atoms with van der Waals surface area (Å²) in [4.78, 5) is 32.2. The standard InChI is InChI=1S/C16H13F3N4O3S2/c1-7-8(2)27-12(21-7)3-4-20-14(24)15-22-10-5-9(16(17,18)19)6-11(23(25)26)13(10)28-15/h5-6H,3-4H2,1-2H3,(H-,20,24,25,26)/p+1. The van der Waals surface area contributed by atoms with Crippen LogP contribution in [-0.2, 0) is 12.6 Å². The first-order valence-electron chi connectivity index (χ1n) is 7.95. The van der Waals surface area contributed by atoms with Crippen LogP contribution in [0.1, 0.15) is 30.9 Å². The maximum Gasteiger partial charge on any atom is 0.416 e. The number of rotatable bonds is 5. The minimum Gasteiger partial charge on any atom is -0.350 e. The minimum absolute atomic E-state index is 0.0122. The van der Waals surface area contributed by atoms with Gasteiger partial charge in [-0.15, -0.1) is 22.7 Å². The molecule has 3 rings (SSSR count). The smallest absolute Gasteiger partial charge is 0.350 e. The molecule has 3 aromatic rings. The molecule has 0 bridgehead atoms. The molecule has 0 saturated carbocycles. The molecule has 0 saturated heterocycles. The summed E-state index contributed by atoms with van der Waals surface area (Å²) in [7, 11) is 0. The number of carbonyl (C=O) groups is 1. The molecule has 1 amide bonds. The van der Waals surface area contributed by atoms with Gasteiger partial charge in [0.15, 0.2) is 5.01 Å². The molecule has 0 radical (unpaired) electrons. The Morgan fingerprint density at radius 1 is 1.25 bits per heavy atom. The predicted molar refractivity (Wildman–Crippen MR) is 97.3 cm³/mol. The van der Waals surface area contributed by atoms with E-state index in [1.54, 1.807) is 0 Å². The monoisotopic (exact) mass is 431 g/mol. The highest BCUT2D eigenvalue weighted by molar-refractivity contribution is 7.20. The van der Waals surface area contributed by atoms with Gasteiger partial charge in [0.25, 0.3) is 10.8 Å². The Balaban J connectivity index is 1.81. The van der Waals surface area contributed by atoms with E-state index in [2.05, 4.69) is 15.3 Å². The van der Waals surface area contributed by atoms with E-state index in [1.165, 1.54) is 11.3 Å². The molecule has 0 fully saturated rings. The Morgan fingerprint density at radius 3 is 2.54 bits per heavy atom. The maximum absolute atomic E-state index is 13.0. The van der Waals surface area contributed by atoms with E-state index in [0.29, 0.717) is 12.5 Å². The second kappa shape index (κ2) is 7.43. The zero-order chi connectivity index (χ0) is 20.6. The Morgan fingerprint density at radius 2 is 1.96 bits per heavy atom. The third-order valence-corrected chi connectivity index (χ3v) is 6.12. The quantitative estimate of drug-likeness (QED) is 0.592. The first-order valence-corrected chi connectivity index (χ1v) is 9.58. The average Bonchev–Trinajstić information content (AvgIpc) is 3.16. The van der Waals surface area contributed by atoms with Crippen LogP contribution in [-0.4, -0.2) is 32.6 Å². The number of thiazole rings is 2. The van der Waals surface area contributed by atoms with Crippen molar-refractivity contribution in [3.05, 3.63) is 43.2 Å². The number of halogens is 3. The van der Waals surface area contributed by atoms with Gasteiger partial charge >= 0.3 is 11.9 Å². The highest BCUT2D eigenvalue weighted by Gasteiger charge is 2.35. The molecule has 148 valence electrons. The molecule has 28 heavy (non-hydrogen) atoms. The fourth-order valence-electron chi connectivity index (χ4n) is 2.42. The molecule has 0 aliphatic carbocycles. The van der Waals surface area contributed by atoms with Crippen LogP contribution in [0.15, 0.2) is 12.1 Å². The van der Waals surface area contributed by atoms with Gasteiger partial charge in [-0.2, -0.15) is 13.2 Å². The molecule has 2 N–H and O–H groups in total. The topological polar surface area (TPSA) is 95.2 Å². The van der Waals surface area contributed by atoms with Gasteiger partial charge in [-0.3, -0.25) is 4.79 Å². The van der Waals surface area contributed by atoms with Gasteiger partial charge in [-0.05, 0) is 19.9 Å². The van der Waals surface area contributed by atoms with Gasteiger partial charge in [-0.1, -0.05) is 0 Å². The van der Waals surface area contributed by atoms with Crippen LogP contribution < -0.4 is 5.32 Å². The van der Waals surface area contributed by atoms with Crippen LogP contribution in [0.25, 0.3) is 10.2 Å². The number of nitrogens with one attached hydrogen (secondary N) is 1. The second-order valence-electron chi connectivity index (χ2n) is 5.89. The number of aromatic nitrogens is 2. The third kappa shape index (κ3) is 4.12. The molecule has 0 unspecified atom stereocenters. The SMILES string of the molecule is Cc1nc(CCNC(=O)c2nc3cc(C(F)(F)F)cc([N+](=O)O)c3s2)sc1C. The van der Waals surface area contributed by atoms with Crippen LogP contribution in [0.3, 0.4) is 0 Å². The second-order valence-corrected chi connectivity index (χ2v) is 8.18. The van der Waals surface area contributed by atoms with Crippen LogP contribution >= 0.6 is 22.7 Å². The molecule has 7 nitrogen and oxygen atoms in total. The Bertz CT molecular complexity index is 1060. The van der Waals surface area contributed by atoms with Crippen molar-refractivity contribution in [3.63, 3.8) is 0 Å². The zero-order valence-corrected chi connectivity index (χ0v) is 16.3. The van der Waals surface area contributed by atoms with Gasteiger partial charge < -0.3 is 5.32 Å². The van der Waals surface area contributed by atoms with Crippen molar-refractivity contribution in [1.82, 2.24) is 15.3 Å². The normalized spacial score (nSPS) is 11.8. The average molecular weight is 431 g/mol. The molecular formula is C16H14F3N4O3S2+. The largest absolute Gasteiger partial charge is 0.416 e. The fraction of sp³-hybridized carbons (Fsp3) is 0.312. The number of hydrogen-bond donors (Lipinski definition) is 2. The molecule has 0 aliphatic rings. The van der Waals surface area contributed by atoms with Crippen LogP contribution in [0.5, 0.6) is 0 Å². The zero-order valence-electron chi connectivity index (χ0n) is 14.6. The summed E-state index contributed by atoms with van der Waals surface area (Å²) in [6.45, 7) is 4.11. The van der Waals surface area contributed by atoms with Crippen molar-refractivity contribution in [2.75, 3.05) is 6.54 Å². The van der Waals surface area contributed by atoms with E-state index < -0.39 is 28.3 Å². The summed E-state index contributed by atoms with van der Waals surface area (Å²) < 4.78 is 38.9. The van der Waals surface area contributed by atoms with Crippen molar-refractivity contribution >= 4 is 44.5 Å². The fourth-order valence-corrected chi connectivity index (χ4v) is 4.31. The molecule has 1 aromatic carbocycles. The van der Waals surface area contributed by atoms with Crippen molar-refractivity contribution in [3.8, 4) is 0 Å². The number of aryl methyl sites for hydroxylation is 2. The summed E-state index contributed by atoms with van der Waals surface area (Å²) >= 11 is 2.25. The Kier molecular flexibility index (Phi) is 5.35. The number of carbonyl (C=O) groups excluding carboxylic acids is 1. The first-order chi connectivity index (χ1) is 13.1. The number of amides is 1. The van der Waals surface area contributed by atoms with E-state index in [-0.39, 0.29) is 21.8 Å². The third-order valence-electron chi connectivity index (χ3n) is 3.90. The van der Waals surface area contributed by atoms with Gasteiger partial charge in [-0.25, -0.2) is 15.2 Å². The van der Waals surface area contributed by atoms with Crippen LogP contribution in [0.2, 0.25) is 0 Å². The van der Waals surface area contributed by atoms with Gasteiger partial charge in [0.2, 0.25) is 0 Å². The number of fused-ring (bicyclic) bond motifs is 1.